The number of carboxylic acids is 1. The third kappa shape index (κ3) is 5.68. The molecule has 0 bridgehead atoms. The number of alkyl carbamates (subject to hydrolysis) is 1. The summed E-state index contributed by atoms with van der Waals surface area (Å²) in [6.07, 6.45) is 13.2. The lowest BCUT2D eigenvalue weighted by Gasteiger charge is -2.21. The minimum Gasteiger partial charge on any atom is -0.480 e. The molecule has 8 heteroatoms. The van der Waals surface area contributed by atoms with E-state index in [0.717, 1.165) is 19.3 Å². The molecule has 0 saturated carbocycles. The van der Waals surface area contributed by atoms with Crippen molar-refractivity contribution in [1.29, 1.82) is 0 Å². The van der Waals surface area contributed by atoms with Crippen LogP contribution in [0.1, 0.15) is 49.4 Å². The highest BCUT2D eigenvalue weighted by atomic mass is 16.6. The van der Waals surface area contributed by atoms with Gasteiger partial charge in [-0.15, -0.1) is 0 Å². The normalized spacial score (nSPS) is 19.2. The number of hydrogen-bond acceptors (Lipinski definition) is 4. The van der Waals surface area contributed by atoms with E-state index in [2.05, 4.69) is 23.5 Å². The van der Waals surface area contributed by atoms with Gasteiger partial charge in [0.05, 0.1) is 5.56 Å². The number of hydrogen-bond donors (Lipinski definition) is 2. The van der Waals surface area contributed by atoms with Gasteiger partial charge in [-0.25, -0.2) is 9.59 Å². The van der Waals surface area contributed by atoms with Crippen molar-refractivity contribution in [3.63, 3.8) is 0 Å². The maximum atomic E-state index is 12.6. The number of rotatable bonds is 7. The molecule has 0 spiro atoms. The summed E-state index contributed by atoms with van der Waals surface area (Å²) >= 11 is 0. The van der Waals surface area contributed by atoms with Crippen molar-refractivity contribution in [2.24, 2.45) is 0 Å². The molecule has 2 aliphatic rings. The number of aliphatic carboxylic acids is 1. The van der Waals surface area contributed by atoms with Gasteiger partial charge in [0.25, 0.3) is 12.6 Å². The summed E-state index contributed by atoms with van der Waals surface area (Å²) in [5.74, 6) is -1.28. The largest absolute Gasteiger partial charge is 0.480 e. The van der Waals surface area contributed by atoms with Gasteiger partial charge in [-0.05, 0) is 39.0 Å². The Labute approximate surface area is 175 Å². The van der Waals surface area contributed by atoms with Crippen LogP contribution in [0.3, 0.4) is 0 Å². The Balaban J connectivity index is 1.46. The second-order valence-corrected chi connectivity index (χ2v) is 7.67. The number of nitrogens with one attached hydrogen (secondary N) is 1. The van der Waals surface area contributed by atoms with E-state index in [1.165, 1.54) is 10.5 Å². The van der Waals surface area contributed by atoms with Gasteiger partial charge in [0.2, 0.25) is 0 Å². The summed E-state index contributed by atoms with van der Waals surface area (Å²) in [6, 6.07) is 2.40. The molecule has 160 valence electrons. The summed E-state index contributed by atoms with van der Waals surface area (Å²) in [5.41, 5.74) is 1.62. The predicted octanol–water partition coefficient (Wildman–Crippen LogP) is 2.40. The molecule has 0 aromatic carbocycles. The van der Waals surface area contributed by atoms with Gasteiger partial charge in [0.1, 0.15) is 6.04 Å². The standard InChI is InChI=1S/C22H27N3O5/c1-16(14-17-6-3-2-4-7-17)23-22(29)30-15-24-12-9-18(10-13-24)20(26)25-11-5-8-19(25)21(27)28/h3,6-7,9-10,12-13,16,19H,2,4-5,8,11,14-15H2,1H3,(H-,23,27,28,29)/p+1/t16-,19-/m0/s1. The number of likely N-dealkylation sites (tertiary alicyclic amines) is 1. The number of carboxylic acid groups (broad SMARTS) is 1. The molecule has 30 heavy (non-hydrogen) atoms. The van der Waals surface area contributed by atoms with E-state index in [4.69, 9.17) is 4.74 Å². The van der Waals surface area contributed by atoms with Gasteiger partial charge >= 0.3 is 12.1 Å². The third-order valence-electron chi connectivity index (χ3n) is 5.26. The summed E-state index contributed by atoms with van der Waals surface area (Å²) in [6.45, 7) is 2.39. The van der Waals surface area contributed by atoms with Gasteiger partial charge in [0, 0.05) is 24.7 Å². The molecule has 2 amide bonds. The minimum absolute atomic E-state index is 0.0110. The van der Waals surface area contributed by atoms with E-state index in [-0.39, 0.29) is 18.7 Å². The lowest BCUT2D eigenvalue weighted by Crippen LogP contribution is -2.42. The summed E-state index contributed by atoms with van der Waals surface area (Å²) < 4.78 is 6.87. The molecule has 2 heterocycles. The molecule has 1 saturated heterocycles. The van der Waals surface area contributed by atoms with Crippen LogP contribution in [0.5, 0.6) is 0 Å². The van der Waals surface area contributed by atoms with E-state index in [1.807, 2.05) is 6.92 Å². The lowest BCUT2D eigenvalue weighted by atomic mass is 10.0. The van der Waals surface area contributed by atoms with Crippen molar-refractivity contribution >= 4 is 18.0 Å². The van der Waals surface area contributed by atoms with Gasteiger partial charge in [-0.2, -0.15) is 4.57 Å². The van der Waals surface area contributed by atoms with E-state index >= 15 is 0 Å². The number of allylic oxidation sites excluding steroid dienone is 3. The highest BCUT2D eigenvalue weighted by molar-refractivity contribution is 5.96. The second-order valence-electron chi connectivity index (χ2n) is 7.67. The predicted molar refractivity (Wildman–Crippen MR) is 108 cm³/mol. The zero-order valence-corrected chi connectivity index (χ0v) is 17.1. The number of ether oxygens (including phenoxy) is 1. The smallest absolute Gasteiger partial charge is 0.412 e. The second kappa shape index (κ2) is 10.0. The molecule has 1 fully saturated rings. The highest BCUT2D eigenvalue weighted by Crippen LogP contribution is 2.20. The quantitative estimate of drug-likeness (QED) is 0.668. The Morgan fingerprint density at radius 3 is 2.73 bits per heavy atom. The van der Waals surface area contributed by atoms with Gasteiger partial charge in [-0.3, -0.25) is 4.79 Å². The van der Waals surface area contributed by atoms with Crippen LogP contribution in [-0.2, 0) is 16.3 Å². The number of amides is 2. The summed E-state index contributed by atoms with van der Waals surface area (Å²) in [7, 11) is 0. The van der Waals surface area contributed by atoms with Crippen LogP contribution in [0.25, 0.3) is 0 Å². The van der Waals surface area contributed by atoms with E-state index in [1.54, 1.807) is 29.1 Å². The van der Waals surface area contributed by atoms with Crippen LogP contribution < -0.4 is 9.88 Å². The monoisotopic (exact) mass is 414 g/mol. The fourth-order valence-electron chi connectivity index (χ4n) is 3.72. The molecule has 8 nitrogen and oxygen atoms in total. The Morgan fingerprint density at radius 2 is 2.07 bits per heavy atom. The topological polar surface area (TPSA) is 99.8 Å². The van der Waals surface area contributed by atoms with E-state index < -0.39 is 18.1 Å². The Hall–Kier alpha value is -3.16. The fraction of sp³-hybridized carbons (Fsp3) is 0.455. The molecule has 2 N–H and O–H groups in total. The van der Waals surface area contributed by atoms with Crippen LogP contribution in [0, 0.1) is 0 Å². The van der Waals surface area contributed by atoms with Crippen molar-refractivity contribution < 1.29 is 28.8 Å². The molecule has 0 unspecified atom stereocenters. The van der Waals surface area contributed by atoms with Gasteiger partial charge in [-0.1, -0.05) is 23.8 Å². The minimum atomic E-state index is -0.976. The maximum Gasteiger partial charge on any atom is 0.412 e. The average molecular weight is 414 g/mol. The molecular weight excluding hydrogens is 386 g/mol. The van der Waals surface area contributed by atoms with Crippen molar-refractivity contribution in [2.75, 3.05) is 6.54 Å². The molecule has 1 aliphatic heterocycles. The number of aromatic nitrogens is 1. The Morgan fingerprint density at radius 1 is 1.30 bits per heavy atom. The maximum absolute atomic E-state index is 12.6. The third-order valence-corrected chi connectivity index (χ3v) is 5.26. The van der Waals surface area contributed by atoms with E-state index in [0.29, 0.717) is 24.9 Å². The molecule has 0 radical (unpaired) electrons. The number of pyridine rings is 1. The molecular formula is C22H28N3O5+. The van der Waals surface area contributed by atoms with Crippen molar-refractivity contribution in [2.45, 2.75) is 57.8 Å². The first kappa shape index (κ1) is 21.5. The molecule has 1 aliphatic carbocycles. The Bertz CT molecular complexity index is 847. The summed E-state index contributed by atoms with van der Waals surface area (Å²) in [5, 5.41) is 12.1. The lowest BCUT2D eigenvalue weighted by molar-refractivity contribution is -0.727. The SMILES string of the molecule is C[C@@H](CC1=CCCC=C1)NC(=O)OC[n+]1ccc(C(=O)N2CCC[C@H]2C(=O)O)cc1. The molecule has 1 aromatic rings. The van der Waals surface area contributed by atoms with Crippen molar-refractivity contribution in [3.05, 3.63) is 53.9 Å². The van der Waals surface area contributed by atoms with Crippen molar-refractivity contribution in [1.82, 2.24) is 10.2 Å². The van der Waals surface area contributed by atoms with Gasteiger partial charge in [0.15, 0.2) is 12.4 Å². The number of carbonyl (C=O) groups excluding carboxylic acids is 2. The molecule has 1 aromatic heterocycles. The average Bonchev–Trinajstić information content (AvgIpc) is 3.23. The molecule has 3 rings (SSSR count). The number of nitrogens with zero attached hydrogens (tertiary/aromatic N) is 2. The van der Waals surface area contributed by atoms with Crippen LogP contribution in [0.4, 0.5) is 4.79 Å². The van der Waals surface area contributed by atoms with Crippen LogP contribution in [0.2, 0.25) is 0 Å². The fourth-order valence-corrected chi connectivity index (χ4v) is 3.72. The van der Waals surface area contributed by atoms with Crippen LogP contribution in [0.15, 0.2) is 48.3 Å². The first-order valence-corrected chi connectivity index (χ1v) is 10.3. The highest BCUT2D eigenvalue weighted by Gasteiger charge is 2.34. The number of carbonyl (C=O) groups is 3. The van der Waals surface area contributed by atoms with Gasteiger partial charge < -0.3 is 20.1 Å². The molecule has 2 atom stereocenters. The van der Waals surface area contributed by atoms with Crippen LogP contribution >= 0.6 is 0 Å². The first-order valence-electron chi connectivity index (χ1n) is 10.3. The Kier molecular flexibility index (Phi) is 7.21. The van der Waals surface area contributed by atoms with E-state index in [9.17, 15) is 19.5 Å². The first-order chi connectivity index (χ1) is 14.4. The zero-order valence-electron chi connectivity index (χ0n) is 17.1. The summed E-state index contributed by atoms with van der Waals surface area (Å²) in [4.78, 5) is 37.3. The van der Waals surface area contributed by atoms with Crippen LogP contribution in [-0.4, -0.2) is 46.6 Å². The zero-order chi connectivity index (χ0) is 21.5. The van der Waals surface area contributed by atoms with Crippen molar-refractivity contribution in [3.8, 4) is 0 Å².